The van der Waals surface area contributed by atoms with Crippen molar-refractivity contribution in [1.82, 2.24) is 0 Å². The fourth-order valence-corrected chi connectivity index (χ4v) is 2.65. The van der Waals surface area contributed by atoms with Gasteiger partial charge in [0.2, 0.25) is 10.0 Å². The van der Waals surface area contributed by atoms with Crippen LogP contribution in [-0.2, 0) is 10.0 Å². The first kappa shape index (κ1) is 13.3. The monoisotopic (exact) mass is 254 g/mol. The molecule has 5 nitrogen and oxygen atoms in total. The number of nitriles is 1. The van der Waals surface area contributed by atoms with E-state index in [2.05, 4.69) is 4.72 Å². The Hall–Kier alpha value is -1.74. The second-order valence-corrected chi connectivity index (χ2v) is 5.51. The zero-order valence-electron chi connectivity index (χ0n) is 9.64. The quantitative estimate of drug-likeness (QED) is 0.801. The third-order valence-corrected chi connectivity index (χ3v) is 4.06. The number of anilines is 1. The van der Waals surface area contributed by atoms with Crippen molar-refractivity contribution >= 4 is 15.7 Å². The lowest BCUT2D eigenvalue weighted by atomic mass is 10.2. The number of benzene rings is 1. The van der Waals surface area contributed by atoms with Gasteiger partial charge in [0.25, 0.3) is 0 Å². The summed E-state index contributed by atoms with van der Waals surface area (Å²) in [6, 6.07) is 6.39. The predicted molar refractivity (Wildman–Crippen MR) is 65.1 cm³/mol. The Morgan fingerprint density at radius 2 is 2.18 bits per heavy atom. The van der Waals surface area contributed by atoms with Crippen molar-refractivity contribution in [1.29, 1.82) is 5.26 Å². The predicted octanol–water partition coefficient (Wildman–Crippen LogP) is 1.74. The van der Waals surface area contributed by atoms with E-state index in [1.165, 1.54) is 6.07 Å². The number of aryl methyl sites for hydroxylation is 1. The van der Waals surface area contributed by atoms with Crippen LogP contribution in [0.1, 0.15) is 18.9 Å². The maximum Gasteiger partial charge on any atom is 0.249 e. The summed E-state index contributed by atoms with van der Waals surface area (Å²) < 4.78 is 25.9. The number of phenols is 1. The summed E-state index contributed by atoms with van der Waals surface area (Å²) in [7, 11) is -3.79. The minimum atomic E-state index is -3.79. The van der Waals surface area contributed by atoms with E-state index in [1.54, 1.807) is 32.0 Å². The Bertz CT molecular complexity index is 526. The van der Waals surface area contributed by atoms with E-state index in [-0.39, 0.29) is 17.9 Å². The number of rotatable bonds is 4. The second-order valence-electron chi connectivity index (χ2n) is 3.64. The van der Waals surface area contributed by atoms with E-state index in [9.17, 15) is 13.5 Å². The minimum absolute atomic E-state index is 0.126. The lowest BCUT2D eigenvalue weighted by Crippen LogP contribution is -2.26. The highest BCUT2D eigenvalue weighted by molar-refractivity contribution is 7.93. The molecule has 0 aliphatic carbocycles. The van der Waals surface area contributed by atoms with E-state index >= 15 is 0 Å². The maximum absolute atomic E-state index is 11.8. The molecular weight excluding hydrogens is 240 g/mol. The molecule has 2 N–H and O–H groups in total. The van der Waals surface area contributed by atoms with E-state index in [0.717, 1.165) is 0 Å². The normalized spacial score (nSPS) is 12.8. The number of hydrogen-bond acceptors (Lipinski definition) is 4. The van der Waals surface area contributed by atoms with Crippen molar-refractivity contribution in [3.8, 4) is 11.8 Å². The van der Waals surface area contributed by atoms with Crippen molar-refractivity contribution in [3.05, 3.63) is 23.8 Å². The zero-order chi connectivity index (χ0) is 13.1. The summed E-state index contributed by atoms with van der Waals surface area (Å²) >= 11 is 0. The number of phenolic OH excluding ortho intramolecular Hbond substituents is 1. The van der Waals surface area contributed by atoms with Crippen molar-refractivity contribution in [2.24, 2.45) is 0 Å². The van der Waals surface area contributed by atoms with Gasteiger partial charge >= 0.3 is 0 Å². The van der Waals surface area contributed by atoms with Gasteiger partial charge in [-0.3, -0.25) is 4.72 Å². The van der Waals surface area contributed by atoms with Gasteiger partial charge in [-0.25, -0.2) is 8.42 Å². The number of aromatic hydroxyl groups is 1. The molecule has 0 aliphatic rings. The molecule has 0 spiro atoms. The van der Waals surface area contributed by atoms with E-state index < -0.39 is 15.3 Å². The van der Waals surface area contributed by atoms with Gasteiger partial charge < -0.3 is 5.11 Å². The Balaban J connectivity index is 3.12. The zero-order valence-corrected chi connectivity index (χ0v) is 10.5. The van der Waals surface area contributed by atoms with E-state index in [4.69, 9.17) is 5.26 Å². The molecule has 0 heterocycles. The SMILES string of the molecule is CCC(C#N)S(=O)(=O)Nc1c(C)cccc1O. The molecular formula is C11H14N2O3S. The molecule has 0 bridgehead atoms. The van der Waals surface area contributed by atoms with Crippen LogP contribution in [0.5, 0.6) is 5.75 Å². The number of nitrogens with zero attached hydrogens (tertiary/aromatic N) is 1. The van der Waals surface area contributed by atoms with Crippen LogP contribution < -0.4 is 4.72 Å². The highest BCUT2D eigenvalue weighted by Crippen LogP contribution is 2.28. The lowest BCUT2D eigenvalue weighted by Gasteiger charge is -2.14. The van der Waals surface area contributed by atoms with Crippen molar-refractivity contribution in [2.75, 3.05) is 4.72 Å². The van der Waals surface area contributed by atoms with Gasteiger partial charge in [-0.05, 0) is 25.0 Å². The van der Waals surface area contributed by atoms with Crippen LogP contribution in [0.3, 0.4) is 0 Å². The fraction of sp³-hybridized carbons (Fsp3) is 0.364. The summed E-state index contributed by atoms with van der Waals surface area (Å²) in [6.07, 6.45) is 0.193. The van der Waals surface area contributed by atoms with Crippen LogP contribution in [-0.4, -0.2) is 18.8 Å². The third-order valence-electron chi connectivity index (χ3n) is 2.38. The first-order chi connectivity index (χ1) is 7.92. The van der Waals surface area contributed by atoms with Gasteiger partial charge in [-0.15, -0.1) is 0 Å². The summed E-state index contributed by atoms with van der Waals surface area (Å²) in [4.78, 5) is 0. The standard InChI is InChI=1S/C11H14N2O3S/c1-3-9(7-12)17(15,16)13-11-8(2)5-4-6-10(11)14/h4-6,9,13-14H,3H2,1-2H3. The molecule has 0 fully saturated rings. The smallest absolute Gasteiger partial charge is 0.249 e. The molecule has 1 aromatic rings. The topological polar surface area (TPSA) is 90.2 Å². The summed E-state index contributed by atoms with van der Waals surface area (Å²) in [5.74, 6) is -0.152. The highest BCUT2D eigenvalue weighted by atomic mass is 32.2. The highest BCUT2D eigenvalue weighted by Gasteiger charge is 2.24. The number of hydrogen-bond donors (Lipinski definition) is 2. The molecule has 1 rings (SSSR count). The number of nitrogens with one attached hydrogen (secondary N) is 1. The molecule has 0 radical (unpaired) electrons. The molecule has 0 amide bonds. The van der Waals surface area contributed by atoms with E-state index in [1.807, 2.05) is 0 Å². The van der Waals surface area contributed by atoms with Crippen LogP contribution in [0.15, 0.2) is 18.2 Å². The Kier molecular flexibility index (Phi) is 3.97. The van der Waals surface area contributed by atoms with Gasteiger partial charge in [0, 0.05) is 0 Å². The van der Waals surface area contributed by atoms with Crippen LogP contribution in [0.4, 0.5) is 5.69 Å². The minimum Gasteiger partial charge on any atom is -0.506 e. The van der Waals surface area contributed by atoms with Gasteiger partial charge in [0.1, 0.15) is 5.75 Å². The van der Waals surface area contributed by atoms with Gasteiger partial charge in [-0.1, -0.05) is 19.1 Å². The molecule has 0 saturated carbocycles. The summed E-state index contributed by atoms with van der Waals surface area (Å²) in [6.45, 7) is 3.29. The largest absolute Gasteiger partial charge is 0.506 e. The van der Waals surface area contributed by atoms with Crippen LogP contribution in [0.2, 0.25) is 0 Å². The molecule has 1 aromatic carbocycles. The Morgan fingerprint density at radius 3 is 2.65 bits per heavy atom. The molecule has 1 atom stereocenters. The summed E-state index contributed by atoms with van der Waals surface area (Å²) in [5, 5.41) is 17.2. The molecule has 0 aliphatic heterocycles. The molecule has 0 saturated heterocycles. The average molecular weight is 254 g/mol. The third kappa shape index (κ3) is 2.88. The van der Waals surface area contributed by atoms with Gasteiger partial charge in [0.15, 0.2) is 5.25 Å². The molecule has 92 valence electrons. The van der Waals surface area contributed by atoms with Crippen LogP contribution in [0, 0.1) is 18.3 Å². The summed E-state index contributed by atoms with van der Waals surface area (Å²) in [5.41, 5.74) is 0.725. The van der Waals surface area contributed by atoms with Crippen LogP contribution >= 0.6 is 0 Å². The fourth-order valence-electron chi connectivity index (χ4n) is 1.38. The Morgan fingerprint density at radius 1 is 1.53 bits per heavy atom. The molecule has 17 heavy (non-hydrogen) atoms. The maximum atomic E-state index is 11.8. The first-order valence-corrected chi connectivity index (χ1v) is 6.66. The van der Waals surface area contributed by atoms with Gasteiger partial charge in [0.05, 0.1) is 11.8 Å². The van der Waals surface area contributed by atoms with Crippen molar-refractivity contribution < 1.29 is 13.5 Å². The number of sulfonamides is 1. The van der Waals surface area contributed by atoms with Crippen molar-refractivity contribution in [3.63, 3.8) is 0 Å². The van der Waals surface area contributed by atoms with Crippen molar-refractivity contribution in [2.45, 2.75) is 25.5 Å². The van der Waals surface area contributed by atoms with E-state index in [0.29, 0.717) is 5.56 Å². The molecule has 1 unspecified atom stereocenters. The lowest BCUT2D eigenvalue weighted by molar-refractivity contribution is 0.477. The van der Waals surface area contributed by atoms with Crippen LogP contribution in [0.25, 0.3) is 0 Å². The molecule has 0 aromatic heterocycles. The average Bonchev–Trinajstić information content (AvgIpc) is 2.25. The number of para-hydroxylation sites is 1. The molecule has 6 heteroatoms. The van der Waals surface area contributed by atoms with Gasteiger partial charge in [-0.2, -0.15) is 5.26 Å². The second kappa shape index (κ2) is 5.06. The Labute approximate surface area is 101 Å². The first-order valence-electron chi connectivity index (χ1n) is 5.12.